The highest BCUT2D eigenvalue weighted by atomic mass is 32.1. The first-order chi connectivity index (χ1) is 13.6. The van der Waals surface area contributed by atoms with Crippen molar-refractivity contribution in [2.45, 2.75) is 6.61 Å². The average molecular weight is 403 g/mol. The lowest BCUT2D eigenvalue weighted by atomic mass is 10.2. The van der Waals surface area contributed by atoms with Crippen LogP contribution in [0.5, 0.6) is 17.2 Å². The van der Waals surface area contributed by atoms with Gasteiger partial charge in [-0.25, -0.2) is 14.2 Å². The molecule has 8 heteroatoms. The number of hydrogen-bond donors (Lipinski definition) is 0. The normalized spacial score (nSPS) is 10.4. The summed E-state index contributed by atoms with van der Waals surface area (Å²) in [5, 5.41) is 2.53. The smallest absolute Gasteiger partial charge is 0.344 e. The van der Waals surface area contributed by atoms with E-state index in [9.17, 15) is 9.18 Å². The molecule has 3 rings (SSSR count). The van der Waals surface area contributed by atoms with Gasteiger partial charge in [0.1, 0.15) is 23.2 Å². The van der Waals surface area contributed by atoms with Crippen LogP contribution in [0.25, 0.3) is 10.6 Å². The Morgan fingerprint density at radius 3 is 2.61 bits per heavy atom. The second kappa shape index (κ2) is 9.18. The molecule has 0 aliphatic rings. The predicted molar refractivity (Wildman–Crippen MR) is 102 cm³/mol. The van der Waals surface area contributed by atoms with E-state index in [2.05, 4.69) is 4.98 Å². The number of thiazole rings is 1. The van der Waals surface area contributed by atoms with Crippen molar-refractivity contribution in [1.82, 2.24) is 4.98 Å². The molecule has 0 atom stereocenters. The molecule has 0 N–H and O–H groups in total. The third kappa shape index (κ3) is 4.77. The summed E-state index contributed by atoms with van der Waals surface area (Å²) < 4.78 is 34.0. The lowest BCUT2D eigenvalue weighted by Gasteiger charge is -2.10. The number of carbonyl (C=O) groups is 1. The van der Waals surface area contributed by atoms with Gasteiger partial charge in [-0.2, -0.15) is 0 Å². The van der Waals surface area contributed by atoms with Gasteiger partial charge in [0.15, 0.2) is 18.1 Å². The molecule has 0 spiro atoms. The molecule has 0 aliphatic heterocycles. The first-order valence-electron chi connectivity index (χ1n) is 8.30. The number of hydrogen-bond acceptors (Lipinski definition) is 7. The average Bonchev–Trinajstić information content (AvgIpc) is 3.20. The van der Waals surface area contributed by atoms with E-state index in [1.165, 1.54) is 35.6 Å². The number of para-hydroxylation sites is 1. The first kappa shape index (κ1) is 19.6. The standard InChI is InChI=1S/C20H18FNO5S/c1-24-17-5-3-4-16(19(17)25-2)20-22-14(12-28-20)10-27-18(23)11-26-15-8-6-13(21)7-9-15/h3-9,12H,10-11H2,1-2H3. The van der Waals surface area contributed by atoms with Gasteiger partial charge in [-0.1, -0.05) is 6.07 Å². The molecule has 146 valence electrons. The topological polar surface area (TPSA) is 66.9 Å². The summed E-state index contributed by atoms with van der Waals surface area (Å²) in [6, 6.07) is 10.9. The number of ether oxygens (including phenoxy) is 4. The molecule has 0 aliphatic carbocycles. The molecule has 6 nitrogen and oxygen atoms in total. The molecular weight excluding hydrogens is 385 g/mol. The van der Waals surface area contributed by atoms with Gasteiger partial charge in [-0.3, -0.25) is 0 Å². The Morgan fingerprint density at radius 1 is 1.11 bits per heavy atom. The van der Waals surface area contributed by atoms with Gasteiger partial charge in [0, 0.05) is 5.38 Å². The predicted octanol–water partition coefficient (Wildman–Crippen LogP) is 4.09. The van der Waals surface area contributed by atoms with Crippen LogP contribution in [0.4, 0.5) is 4.39 Å². The molecular formula is C20H18FNO5S. The van der Waals surface area contributed by atoms with Crippen LogP contribution in [-0.4, -0.2) is 31.8 Å². The number of nitrogens with zero attached hydrogens (tertiary/aromatic N) is 1. The van der Waals surface area contributed by atoms with Gasteiger partial charge in [0.2, 0.25) is 0 Å². The van der Waals surface area contributed by atoms with E-state index < -0.39 is 5.97 Å². The van der Waals surface area contributed by atoms with Crippen molar-refractivity contribution in [3.63, 3.8) is 0 Å². The van der Waals surface area contributed by atoms with Gasteiger partial charge in [-0.05, 0) is 36.4 Å². The first-order valence-corrected chi connectivity index (χ1v) is 9.18. The minimum Gasteiger partial charge on any atom is -0.493 e. The Bertz CT molecular complexity index is 942. The van der Waals surface area contributed by atoms with Gasteiger partial charge >= 0.3 is 5.97 Å². The lowest BCUT2D eigenvalue weighted by molar-refractivity contribution is -0.147. The quantitative estimate of drug-likeness (QED) is 0.528. The molecule has 1 aromatic heterocycles. The third-order valence-electron chi connectivity index (χ3n) is 3.74. The second-order valence-electron chi connectivity index (χ2n) is 5.59. The molecule has 0 bridgehead atoms. The number of aromatic nitrogens is 1. The molecule has 3 aromatic rings. The van der Waals surface area contributed by atoms with Crippen molar-refractivity contribution in [3.8, 4) is 27.8 Å². The number of rotatable bonds is 8. The van der Waals surface area contributed by atoms with Crippen molar-refractivity contribution < 1.29 is 28.1 Å². The van der Waals surface area contributed by atoms with Gasteiger partial charge in [0.05, 0.1) is 25.5 Å². The third-order valence-corrected chi connectivity index (χ3v) is 4.66. The Labute approximate surface area is 165 Å². The lowest BCUT2D eigenvalue weighted by Crippen LogP contribution is -2.14. The van der Waals surface area contributed by atoms with Crippen LogP contribution in [0.15, 0.2) is 47.8 Å². The van der Waals surface area contributed by atoms with Gasteiger partial charge in [0.25, 0.3) is 0 Å². The summed E-state index contributed by atoms with van der Waals surface area (Å²) in [6.07, 6.45) is 0. The zero-order valence-corrected chi connectivity index (χ0v) is 16.1. The summed E-state index contributed by atoms with van der Waals surface area (Å²) in [5.41, 5.74) is 1.41. The number of carbonyl (C=O) groups excluding carboxylic acids is 1. The maximum Gasteiger partial charge on any atom is 0.344 e. The Balaban J connectivity index is 1.58. The second-order valence-corrected chi connectivity index (χ2v) is 6.45. The summed E-state index contributed by atoms with van der Waals surface area (Å²) in [4.78, 5) is 16.3. The van der Waals surface area contributed by atoms with Crippen LogP contribution in [-0.2, 0) is 16.1 Å². The summed E-state index contributed by atoms with van der Waals surface area (Å²) in [6.45, 7) is -0.249. The fourth-order valence-corrected chi connectivity index (χ4v) is 3.25. The minimum atomic E-state index is -0.544. The van der Waals surface area contributed by atoms with Crippen molar-refractivity contribution in [3.05, 3.63) is 59.4 Å². The highest BCUT2D eigenvalue weighted by molar-refractivity contribution is 7.13. The molecule has 2 aromatic carbocycles. The van der Waals surface area contributed by atoms with Gasteiger partial charge in [-0.15, -0.1) is 11.3 Å². The monoisotopic (exact) mass is 403 g/mol. The van der Waals surface area contributed by atoms with Crippen molar-refractivity contribution in [2.24, 2.45) is 0 Å². The summed E-state index contributed by atoms with van der Waals surface area (Å²) in [5.74, 6) is 0.677. The van der Waals surface area contributed by atoms with Crippen molar-refractivity contribution in [1.29, 1.82) is 0 Å². The Morgan fingerprint density at radius 2 is 1.89 bits per heavy atom. The fourth-order valence-electron chi connectivity index (χ4n) is 2.42. The maximum atomic E-state index is 12.8. The van der Waals surface area contributed by atoms with Crippen LogP contribution in [0.1, 0.15) is 5.69 Å². The van der Waals surface area contributed by atoms with E-state index >= 15 is 0 Å². The van der Waals surface area contributed by atoms with Crippen LogP contribution in [0.3, 0.4) is 0 Å². The highest BCUT2D eigenvalue weighted by Crippen LogP contribution is 2.38. The van der Waals surface area contributed by atoms with E-state index in [0.717, 1.165) is 10.6 Å². The van der Waals surface area contributed by atoms with Crippen LogP contribution in [0.2, 0.25) is 0 Å². The number of benzene rings is 2. The van der Waals surface area contributed by atoms with E-state index in [1.807, 2.05) is 17.5 Å². The molecule has 0 saturated heterocycles. The fraction of sp³-hybridized carbons (Fsp3) is 0.200. The molecule has 1 heterocycles. The van der Waals surface area contributed by atoms with Crippen LogP contribution < -0.4 is 14.2 Å². The Kier molecular flexibility index (Phi) is 6.44. The Hall–Kier alpha value is -3.13. The number of esters is 1. The largest absolute Gasteiger partial charge is 0.493 e. The van der Waals surface area contributed by atoms with E-state index in [-0.39, 0.29) is 19.0 Å². The zero-order chi connectivity index (χ0) is 19.9. The molecule has 0 unspecified atom stereocenters. The van der Waals surface area contributed by atoms with Crippen molar-refractivity contribution >= 4 is 17.3 Å². The van der Waals surface area contributed by atoms with E-state index in [1.54, 1.807) is 20.3 Å². The van der Waals surface area contributed by atoms with E-state index in [0.29, 0.717) is 22.9 Å². The maximum absolute atomic E-state index is 12.8. The highest BCUT2D eigenvalue weighted by Gasteiger charge is 2.15. The number of methoxy groups -OCH3 is 2. The zero-order valence-electron chi connectivity index (χ0n) is 15.3. The van der Waals surface area contributed by atoms with E-state index in [4.69, 9.17) is 18.9 Å². The molecule has 0 saturated carbocycles. The SMILES string of the molecule is COc1cccc(-c2nc(COC(=O)COc3ccc(F)cc3)cs2)c1OC. The van der Waals surface area contributed by atoms with Crippen LogP contribution >= 0.6 is 11.3 Å². The molecule has 0 radical (unpaired) electrons. The molecule has 0 amide bonds. The summed E-state index contributed by atoms with van der Waals surface area (Å²) in [7, 11) is 3.14. The minimum absolute atomic E-state index is 0.0222. The molecule has 0 fully saturated rings. The van der Waals surface area contributed by atoms with Crippen molar-refractivity contribution in [2.75, 3.05) is 20.8 Å². The number of halogens is 1. The molecule has 28 heavy (non-hydrogen) atoms. The van der Waals surface area contributed by atoms with Gasteiger partial charge < -0.3 is 18.9 Å². The summed E-state index contributed by atoms with van der Waals surface area (Å²) >= 11 is 1.41. The van der Waals surface area contributed by atoms with Crippen LogP contribution in [0, 0.1) is 5.82 Å².